The van der Waals surface area contributed by atoms with Gasteiger partial charge >= 0.3 is 21.6 Å². The number of para-hydroxylation sites is 1. The van der Waals surface area contributed by atoms with Crippen molar-refractivity contribution in [3.8, 4) is 0 Å². The molecule has 0 saturated carbocycles. The van der Waals surface area contributed by atoms with Crippen LogP contribution in [-0.2, 0) is 32.2 Å². The van der Waals surface area contributed by atoms with E-state index in [4.69, 9.17) is 50.0 Å². The second-order valence-electron chi connectivity index (χ2n) is 7.30. The number of aliphatic carboxylic acids is 1. The van der Waals surface area contributed by atoms with Gasteiger partial charge in [-0.2, -0.15) is 0 Å². The second-order valence-corrected chi connectivity index (χ2v) is 9.36. The molecular formula is C18H32N4O11P2. The van der Waals surface area contributed by atoms with Crippen molar-refractivity contribution < 1.29 is 53.2 Å². The van der Waals surface area contributed by atoms with Crippen LogP contribution in [-0.4, -0.2) is 69.5 Å². The molecule has 2 aromatic rings. The average molecular weight is 542 g/mol. The van der Waals surface area contributed by atoms with E-state index in [1.54, 1.807) is 0 Å². The Morgan fingerprint density at radius 2 is 1.54 bits per heavy atom. The Labute approximate surface area is 200 Å². The number of amides is 1. The Bertz CT molecular complexity index is 1010. The number of fused-ring (bicyclic) bond motifs is 1. The quantitative estimate of drug-likeness (QED) is 0.133. The number of nitrogens with zero attached hydrogens (tertiary/aromatic N) is 1. The molecule has 0 spiro atoms. The first-order chi connectivity index (χ1) is 15.9. The molecule has 1 aromatic carbocycles. The highest BCUT2D eigenvalue weighted by Gasteiger charge is 2.24. The van der Waals surface area contributed by atoms with E-state index in [0.29, 0.717) is 13.0 Å². The highest BCUT2D eigenvalue weighted by molar-refractivity contribution is 7.45. The third-order valence-electron chi connectivity index (χ3n) is 4.32. The molecule has 1 amide bonds. The summed E-state index contributed by atoms with van der Waals surface area (Å²) in [5.41, 5.74) is 13.2. The van der Waals surface area contributed by atoms with Crippen molar-refractivity contribution in [2.24, 2.45) is 18.5 Å². The molecule has 35 heavy (non-hydrogen) atoms. The van der Waals surface area contributed by atoms with Crippen LogP contribution in [0.3, 0.4) is 0 Å². The number of aryl methyl sites for hydroxylation is 1. The lowest BCUT2D eigenvalue weighted by molar-refractivity contribution is -0.142. The number of rotatable bonds is 9. The number of carbonyl (C=O) groups is 2. The normalized spacial score (nSPS) is 13.1. The van der Waals surface area contributed by atoms with Crippen LogP contribution in [0.1, 0.15) is 24.8 Å². The molecule has 2 rings (SSSR count). The Hall–Kier alpha value is -2.16. The molecule has 17 heteroatoms. The topological polar surface area (TPSA) is 279 Å². The van der Waals surface area contributed by atoms with Gasteiger partial charge in [0.25, 0.3) is 0 Å². The van der Waals surface area contributed by atoms with Gasteiger partial charge < -0.3 is 55.8 Å². The van der Waals surface area contributed by atoms with Crippen LogP contribution < -0.4 is 16.8 Å². The third kappa shape index (κ3) is 16.2. The minimum atomic E-state index is -4.64. The number of nitrogens with one attached hydrogen (secondary N) is 1. The molecule has 0 unspecified atom stereocenters. The van der Waals surface area contributed by atoms with E-state index in [2.05, 4.69) is 5.32 Å². The highest BCUT2D eigenvalue weighted by Crippen LogP contribution is 2.26. The number of phosphoric acid groups is 2. The molecule has 15 nitrogen and oxygen atoms in total. The lowest BCUT2D eigenvalue weighted by Crippen LogP contribution is -2.49. The van der Waals surface area contributed by atoms with E-state index in [1.165, 1.54) is 0 Å². The van der Waals surface area contributed by atoms with Gasteiger partial charge in [-0.15, -0.1) is 0 Å². The highest BCUT2D eigenvalue weighted by atomic mass is 31.2. The summed E-state index contributed by atoms with van der Waals surface area (Å²) in [4.78, 5) is 66.9. The number of hydrogen-bond acceptors (Lipinski definition) is 6. The van der Waals surface area contributed by atoms with Gasteiger partial charge in [0, 0.05) is 30.6 Å². The molecular weight excluding hydrogens is 510 g/mol. The van der Waals surface area contributed by atoms with Gasteiger partial charge in [0.2, 0.25) is 5.91 Å². The van der Waals surface area contributed by atoms with E-state index < -0.39 is 39.6 Å². The number of unbranched alkanes of at least 4 members (excludes halogenated alkanes) is 1. The largest absolute Gasteiger partial charge is 0.480 e. The SMILES string of the molecule is Cn1cc(C[C@@H](NC(=O)[C@@H](N)CCCCN)C(=O)O)c2ccccc21.O=P(O)(O)O.O=P(O)(O)O. The zero-order chi connectivity index (χ0) is 27.4. The third-order valence-corrected chi connectivity index (χ3v) is 4.32. The lowest BCUT2D eigenvalue weighted by atomic mass is 10.0. The Morgan fingerprint density at radius 1 is 1.03 bits per heavy atom. The number of hydrogen-bond donors (Lipinski definition) is 10. The monoisotopic (exact) mass is 542 g/mol. The molecule has 12 N–H and O–H groups in total. The smallest absolute Gasteiger partial charge is 0.466 e. The Morgan fingerprint density at radius 3 is 2.03 bits per heavy atom. The van der Waals surface area contributed by atoms with E-state index in [9.17, 15) is 14.7 Å². The molecule has 0 fully saturated rings. The summed E-state index contributed by atoms with van der Waals surface area (Å²) in [6, 6.07) is 6.03. The number of carboxylic acids is 1. The van der Waals surface area contributed by atoms with E-state index in [0.717, 1.165) is 29.3 Å². The van der Waals surface area contributed by atoms with E-state index >= 15 is 0 Å². The van der Waals surface area contributed by atoms with Crippen LogP contribution in [0, 0.1) is 0 Å². The zero-order valence-electron chi connectivity index (χ0n) is 18.8. The standard InChI is InChI=1S/C18H26N4O3.2H3O4P/c1-22-11-12(13-6-2-3-8-16(13)22)10-15(18(24)25)21-17(23)14(20)7-4-5-9-19;2*1-5(2,3)4/h2-3,6,8,11,14-15H,4-5,7,9-10,19-20H2,1H3,(H,21,23)(H,24,25);2*(H3,1,2,3,4)/t14-,15+;;/m0../s1. The minimum absolute atomic E-state index is 0.206. The van der Waals surface area contributed by atoms with Crippen LogP contribution in [0.5, 0.6) is 0 Å². The molecule has 200 valence electrons. The predicted octanol–water partition coefficient (Wildman–Crippen LogP) is -1.11. The number of benzene rings is 1. The molecule has 0 aliphatic carbocycles. The first kappa shape index (κ1) is 32.8. The molecule has 1 aromatic heterocycles. The fourth-order valence-electron chi connectivity index (χ4n) is 2.93. The van der Waals surface area contributed by atoms with Crippen LogP contribution in [0.25, 0.3) is 10.9 Å². The van der Waals surface area contributed by atoms with Gasteiger partial charge in [0.05, 0.1) is 6.04 Å². The maximum Gasteiger partial charge on any atom is 0.466 e. The van der Waals surface area contributed by atoms with Gasteiger partial charge in [-0.25, -0.2) is 13.9 Å². The predicted molar refractivity (Wildman–Crippen MR) is 126 cm³/mol. The van der Waals surface area contributed by atoms with Gasteiger partial charge in [0.15, 0.2) is 0 Å². The van der Waals surface area contributed by atoms with Crippen molar-refractivity contribution in [3.63, 3.8) is 0 Å². The first-order valence-corrected chi connectivity index (χ1v) is 13.2. The molecule has 2 atom stereocenters. The van der Waals surface area contributed by atoms with Crippen molar-refractivity contribution in [2.45, 2.75) is 37.8 Å². The summed E-state index contributed by atoms with van der Waals surface area (Å²) in [6.07, 6.45) is 4.13. The van der Waals surface area contributed by atoms with E-state index in [-0.39, 0.29) is 6.42 Å². The fourth-order valence-corrected chi connectivity index (χ4v) is 2.93. The molecule has 0 bridgehead atoms. The van der Waals surface area contributed by atoms with Crippen molar-refractivity contribution in [1.29, 1.82) is 0 Å². The van der Waals surface area contributed by atoms with Gasteiger partial charge in [-0.05, 0) is 31.0 Å². The van der Waals surface area contributed by atoms with Crippen LogP contribution in [0.4, 0.5) is 0 Å². The van der Waals surface area contributed by atoms with Crippen molar-refractivity contribution in [1.82, 2.24) is 9.88 Å². The molecule has 1 heterocycles. The molecule has 0 aliphatic rings. The van der Waals surface area contributed by atoms with Gasteiger partial charge in [-0.3, -0.25) is 4.79 Å². The Balaban J connectivity index is 0.000000975. The van der Waals surface area contributed by atoms with Crippen molar-refractivity contribution in [3.05, 3.63) is 36.0 Å². The molecule has 0 aliphatic heterocycles. The maximum absolute atomic E-state index is 12.2. The summed E-state index contributed by atoms with van der Waals surface area (Å²) >= 11 is 0. The average Bonchev–Trinajstić information content (AvgIpc) is 3.00. The first-order valence-electron chi connectivity index (χ1n) is 10.0. The summed E-state index contributed by atoms with van der Waals surface area (Å²) in [7, 11) is -7.37. The van der Waals surface area contributed by atoms with Crippen LogP contribution in [0.15, 0.2) is 30.5 Å². The second kappa shape index (κ2) is 15.1. The number of aromatic nitrogens is 1. The summed E-state index contributed by atoms with van der Waals surface area (Å²) in [5.74, 6) is -1.51. The van der Waals surface area contributed by atoms with Gasteiger partial charge in [-0.1, -0.05) is 24.6 Å². The van der Waals surface area contributed by atoms with Crippen LogP contribution >= 0.6 is 15.6 Å². The number of nitrogens with two attached hydrogens (primary N) is 2. The maximum atomic E-state index is 12.2. The number of carboxylic acid groups (broad SMARTS) is 1. The summed E-state index contributed by atoms with van der Waals surface area (Å²) in [5, 5.41) is 13.0. The zero-order valence-corrected chi connectivity index (χ0v) is 20.6. The molecule has 0 saturated heterocycles. The lowest BCUT2D eigenvalue weighted by Gasteiger charge is -2.17. The molecule has 0 radical (unpaired) electrons. The fraction of sp³-hybridized carbons (Fsp3) is 0.444. The summed E-state index contributed by atoms with van der Waals surface area (Å²) < 4.78 is 19.7. The number of carbonyl (C=O) groups excluding carboxylic acids is 1. The van der Waals surface area contributed by atoms with Crippen molar-refractivity contribution in [2.75, 3.05) is 6.54 Å². The summed E-state index contributed by atoms with van der Waals surface area (Å²) in [6.45, 7) is 0.549. The van der Waals surface area contributed by atoms with E-state index in [1.807, 2.05) is 42.1 Å². The van der Waals surface area contributed by atoms with Crippen LogP contribution in [0.2, 0.25) is 0 Å². The van der Waals surface area contributed by atoms with Crippen molar-refractivity contribution >= 4 is 38.4 Å². The van der Waals surface area contributed by atoms with Gasteiger partial charge in [0.1, 0.15) is 6.04 Å². The Kier molecular flexibility index (Phi) is 14.1. The minimum Gasteiger partial charge on any atom is -0.480 e.